The summed E-state index contributed by atoms with van der Waals surface area (Å²) in [6.45, 7) is 12.2. The molecule has 1 unspecified atom stereocenters. The molecule has 2 atom stereocenters. The third-order valence-corrected chi connectivity index (χ3v) is 5.20. The summed E-state index contributed by atoms with van der Waals surface area (Å²) in [4.78, 5) is 7.14. The van der Waals surface area contributed by atoms with Crippen LogP contribution in [0.5, 0.6) is 0 Å². The highest BCUT2D eigenvalue weighted by molar-refractivity contribution is 5.64. The predicted octanol–water partition coefficient (Wildman–Crippen LogP) is 3.45. The smallest absolute Gasteiger partial charge is 0.141 e. The molecular formula is C18H26N4. The Hall–Kier alpha value is -1.60. The van der Waals surface area contributed by atoms with E-state index in [1.807, 2.05) is 6.07 Å². The Morgan fingerprint density at radius 2 is 2.27 bits per heavy atom. The number of likely N-dealkylation sites (tertiary alicyclic amines) is 1. The van der Waals surface area contributed by atoms with Crippen LogP contribution < -0.4 is 5.32 Å². The fraction of sp³-hybridized carbons (Fsp3) is 0.667. The normalized spacial score (nSPS) is 25.1. The quantitative estimate of drug-likeness (QED) is 0.908. The van der Waals surface area contributed by atoms with E-state index in [1.54, 1.807) is 0 Å². The Morgan fingerprint density at radius 3 is 2.95 bits per heavy atom. The summed E-state index contributed by atoms with van der Waals surface area (Å²) in [6.07, 6.45) is 2.59. The summed E-state index contributed by atoms with van der Waals surface area (Å²) in [5, 5.41) is 12.9. The van der Waals surface area contributed by atoms with Crippen molar-refractivity contribution in [2.75, 3.05) is 25.0 Å². The number of pyridine rings is 1. The number of hydrogen-bond donors (Lipinski definition) is 1. The molecular weight excluding hydrogens is 272 g/mol. The molecule has 4 nitrogen and oxygen atoms in total. The van der Waals surface area contributed by atoms with Crippen molar-refractivity contribution in [3.63, 3.8) is 0 Å². The van der Waals surface area contributed by atoms with Crippen LogP contribution in [0.15, 0.2) is 6.07 Å². The fourth-order valence-corrected chi connectivity index (χ4v) is 3.79. The first-order valence-electron chi connectivity index (χ1n) is 8.36. The highest BCUT2D eigenvalue weighted by Crippen LogP contribution is 2.41. The summed E-state index contributed by atoms with van der Waals surface area (Å²) in [5.41, 5.74) is 3.99. The van der Waals surface area contributed by atoms with E-state index < -0.39 is 0 Å². The second kappa shape index (κ2) is 5.55. The van der Waals surface area contributed by atoms with E-state index >= 15 is 0 Å². The summed E-state index contributed by atoms with van der Waals surface area (Å²) in [5.74, 6) is 0.755. The average Bonchev–Trinajstić information content (AvgIpc) is 2.81. The van der Waals surface area contributed by atoms with Gasteiger partial charge in [-0.25, -0.2) is 4.98 Å². The summed E-state index contributed by atoms with van der Waals surface area (Å²) in [7, 11) is 0. The van der Waals surface area contributed by atoms with E-state index in [1.165, 1.54) is 18.4 Å². The molecule has 0 aliphatic carbocycles. The second-order valence-corrected chi connectivity index (χ2v) is 7.59. The molecule has 1 aromatic rings. The van der Waals surface area contributed by atoms with Crippen molar-refractivity contribution >= 4 is 5.69 Å². The van der Waals surface area contributed by atoms with Crippen molar-refractivity contribution in [2.24, 2.45) is 5.92 Å². The van der Waals surface area contributed by atoms with Gasteiger partial charge in [-0.1, -0.05) is 20.8 Å². The molecule has 0 spiro atoms. The van der Waals surface area contributed by atoms with Crippen molar-refractivity contribution in [1.29, 1.82) is 5.26 Å². The van der Waals surface area contributed by atoms with Crippen LogP contribution in [0.25, 0.3) is 0 Å². The van der Waals surface area contributed by atoms with E-state index in [0.717, 1.165) is 36.9 Å². The summed E-state index contributed by atoms with van der Waals surface area (Å²) in [6, 6.07) is 4.55. The molecule has 0 amide bonds. The zero-order chi connectivity index (χ0) is 15.9. The van der Waals surface area contributed by atoms with Gasteiger partial charge in [-0.3, -0.25) is 4.90 Å². The summed E-state index contributed by atoms with van der Waals surface area (Å²) >= 11 is 0. The van der Waals surface area contributed by atoms with E-state index in [9.17, 15) is 5.26 Å². The van der Waals surface area contributed by atoms with Gasteiger partial charge in [-0.15, -0.1) is 0 Å². The molecule has 1 aromatic heterocycles. The number of nitriles is 1. The van der Waals surface area contributed by atoms with Gasteiger partial charge >= 0.3 is 0 Å². The van der Waals surface area contributed by atoms with Crippen LogP contribution in [-0.2, 0) is 5.41 Å². The number of hydrogen-bond acceptors (Lipinski definition) is 4. The van der Waals surface area contributed by atoms with Crippen molar-refractivity contribution in [1.82, 2.24) is 9.88 Å². The van der Waals surface area contributed by atoms with Crippen molar-refractivity contribution < 1.29 is 0 Å². The number of nitrogens with one attached hydrogen (secondary N) is 1. The van der Waals surface area contributed by atoms with E-state index in [4.69, 9.17) is 0 Å². The number of aromatic nitrogens is 1. The zero-order valence-corrected chi connectivity index (χ0v) is 14.1. The molecule has 2 aliphatic heterocycles. The van der Waals surface area contributed by atoms with Crippen LogP contribution in [0.2, 0.25) is 0 Å². The molecule has 0 bridgehead atoms. The minimum absolute atomic E-state index is 0.00808. The monoisotopic (exact) mass is 298 g/mol. The molecule has 0 aromatic carbocycles. The maximum atomic E-state index is 9.35. The maximum absolute atomic E-state index is 9.35. The molecule has 0 saturated carbocycles. The molecule has 4 heteroatoms. The van der Waals surface area contributed by atoms with E-state index in [-0.39, 0.29) is 5.41 Å². The van der Waals surface area contributed by atoms with Gasteiger partial charge in [0.25, 0.3) is 0 Å². The Balaban J connectivity index is 2.00. The Labute approximate surface area is 133 Å². The SMILES string of the molecule is CC(c1cc(C#N)nc2c1NCC2(C)C)N1CCC[C@H](C)C1. The van der Waals surface area contributed by atoms with Gasteiger partial charge in [0.2, 0.25) is 0 Å². The van der Waals surface area contributed by atoms with Crippen LogP contribution in [-0.4, -0.2) is 29.5 Å². The third kappa shape index (κ3) is 2.59. The zero-order valence-electron chi connectivity index (χ0n) is 14.1. The highest BCUT2D eigenvalue weighted by atomic mass is 15.2. The number of fused-ring (bicyclic) bond motifs is 1. The largest absolute Gasteiger partial charge is 0.382 e. The van der Waals surface area contributed by atoms with Crippen LogP contribution in [0.4, 0.5) is 5.69 Å². The number of anilines is 1. The van der Waals surface area contributed by atoms with Crippen molar-refractivity contribution in [3.8, 4) is 6.07 Å². The molecule has 1 saturated heterocycles. The molecule has 0 radical (unpaired) electrons. The van der Waals surface area contributed by atoms with Gasteiger partial charge in [0, 0.05) is 24.5 Å². The van der Waals surface area contributed by atoms with Gasteiger partial charge in [-0.2, -0.15) is 5.26 Å². The standard InChI is InChI=1S/C18H26N4/c1-12-6-5-7-22(10-12)13(2)15-8-14(9-19)21-17-16(15)20-11-18(17,3)4/h8,12-13,20H,5-7,10-11H2,1-4H3/t12-,13?/m0/s1. The molecule has 3 heterocycles. The van der Waals surface area contributed by atoms with Crippen LogP contribution in [0, 0.1) is 17.2 Å². The van der Waals surface area contributed by atoms with Crippen LogP contribution in [0.1, 0.15) is 63.5 Å². The lowest BCUT2D eigenvalue weighted by Gasteiger charge is -2.36. The minimum Gasteiger partial charge on any atom is -0.382 e. The van der Waals surface area contributed by atoms with E-state index in [0.29, 0.717) is 11.7 Å². The minimum atomic E-state index is -0.00808. The van der Waals surface area contributed by atoms with Gasteiger partial charge in [0.05, 0.1) is 11.4 Å². The lowest BCUT2D eigenvalue weighted by molar-refractivity contribution is 0.139. The maximum Gasteiger partial charge on any atom is 0.141 e. The molecule has 22 heavy (non-hydrogen) atoms. The Morgan fingerprint density at radius 1 is 1.50 bits per heavy atom. The molecule has 1 N–H and O–H groups in total. The van der Waals surface area contributed by atoms with Gasteiger partial charge in [-0.05, 0) is 43.9 Å². The first-order chi connectivity index (χ1) is 10.4. The molecule has 1 fully saturated rings. The van der Waals surface area contributed by atoms with Gasteiger partial charge in [0.1, 0.15) is 11.8 Å². The van der Waals surface area contributed by atoms with Crippen LogP contribution >= 0.6 is 0 Å². The van der Waals surface area contributed by atoms with Crippen LogP contribution in [0.3, 0.4) is 0 Å². The van der Waals surface area contributed by atoms with Crippen molar-refractivity contribution in [2.45, 2.75) is 52.0 Å². The first-order valence-corrected chi connectivity index (χ1v) is 8.36. The molecule has 3 rings (SSSR count). The topological polar surface area (TPSA) is 52.0 Å². The first kappa shape index (κ1) is 15.3. The fourth-order valence-electron chi connectivity index (χ4n) is 3.79. The number of nitrogens with zero attached hydrogens (tertiary/aromatic N) is 3. The average molecular weight is 298 g/mol. The molecule has 2 aliphatic rings. The summed E-state index contributed by atoms with van der Waals surface area (Å²) < 4.78 is 0. The number of piperidine rings is 1. The van der Waals surface area contributed by atoms with Gasteiger partial charge < -0.3 is 5.32 Å². The van der Waals surface area contributed by atoms with E-state index in [2.05, 4.69) is 49.0 Å². The number of rotatable bonds is 2. The third-order valence-electron chi connectivity index (χ3n) is 5.20. The molecule has 118 valence electrons. The van der Waals surface area contributed by atoms with Crippen molar-refractivity contribution in [3.05, 3.63) is 23.0 Å². The predicted molar refractivity (Wildman–Crippen MR) is 88.9 cm³/mol. The Kier molecular flexibility index (Phi) is 3.86. The van der Waals surface area contributed by atoms with Gasteiger partial charge in [0.15, 0.2) is 0 Å². The highest BCUT2D eigenvalue weighted by Gasteiger charge is 2.35. The lowest BCUT2D eigenvalue weighted by atomic mass is 9.89. The lowest BCUT2D eigenvalue weighted by Crippen LogP contribution is -2.36. The Bertz CT molecular complexity index is 614. The second-order valence-electron chi connectivity index (χ2n) is 7.59.